The molecule has 1 heterocycles. The average molecular weight is 311 g/mol. The van der Waals surface area contributed by atoms with Crippen molar-refractivity contribution in [2.45, 2.75) is 84.5 Å². The van der Waals surface area contributed by atoms with Gasteiger partial charge in [0.1, 0.15) is 0 Å². The largest absolute Gasteiger partial charge is 0.381 e. The Balaban J connectivity index is 1.83. The summed E-state index contributed by atoms with van der Waals surface area (Å²) in [4.78, 5) is 12.4. The zero-order valence-electron chi connectivity index (χ0n) is 14.9. The van der Waals surface area contributed by atoms with E-state index < -0.39 is 0 Å². The van der Waals surface area contributed by atoms with Gasteiger partial charge in [0.25, 0.3) is 0 Å². The molecule has 3 unspecified atom stereocenters. The third-order valence-corrected chi connectivity index (χ3v) is 5.99. The molecule has 0 bridgehead atoms. The zero-order valence-corrected chi connectivity index (χ0v) is 14.9. The van der Waals surface area contributed by atoms with E-state index in [1.165, 1.54) is 0 Å². The minimum Gasteiger partial charge on any atom is -0.381 e. The van der Waals surface area contributed by atoms with E-state index in [0.29, 0.717) is 6.42 Å². The molecule has 1 amide bonds. The van der Waals surface area contributed by atoms with Gasteiger partial charge in [-0.1, -0.05) is 27.7 Å². The first-order chi connectivity index (χ1) is 10.4. The van der Waals surface area contributed by atoms with Gasteiger partial charge in [0, 0.05) is 18.6 Å². The van der Waals surface area contributed by atoms with Crippen LogP contribution in [0.15, 0.2) is 0 Å². The Labute approximate surface area is 135 Å². The third kappa shape index (κ3) is 3.48. The SMILES string of the molecule is CCC1(CC)C(NC(=O)CC2CCC(C)(C)CO2)CC1OC. The highest BCUT2D eigenvalue weighted by Gasteiger charge is 2.53. The Morgan fingerprint density at radius 3 is 2.50 bits per heavy atom. The Kier molecular flexibility index (Phi) is 5.54. The van der Waals surface area contributed by atoms with E-state index in [1.54, 1.807) is 7.11 Å². The number of carbonyl (C=O) groups is 1. The summed E-state index contributed by atoms with van der Waals surface area (Å²) >= 11 is 0. The first kappa shape index (κ1) is 17.7. The molecule has 2 fully saturated rings. The maximum Gasteiger partial charge on any atom is 0.222 e. The van der Waals surface area contributed by atoms with Crippen LogP contribution in [0, 0.1) is 10.8 Å². The molecule has 0 aromatic heterocycles. The van der Waals surface area contributed by atoms with Crippen LogP contribution in [0.25, 0.3) is 0 Å². The maximum atomic E-state index is 12.4. The quantitative estimate of drug-likeness (QED) is 0.819. The summed E-state index contributed by atoms with van der Waals surface area (Å²) in [7, 11) is 1.78. The molecule has 1 aliphatic heterocycles. The van der Waals surface area contributed by atoms with Gasteiger partial charge in [-0.25, -0.2) is 0 Å². The van der Waals surface area contributed by atoms with E-state index in [0.717, 1.165) is 38.7 Å². The molecule has 1 saturated carbocycles. The summed E-state index contributed by atoms with van der Waals surface area (Å²) in [5, 5.41) is 3.24. The van der Waals surface area contributed by atoms with Gasteiger partial charge in [0.05, 0.1) is 25.2 Å². The second kappa shape index (κ2) is 6.88. The first-order valence-corrected chi connectivity index (χ1v) is 8.80. The van der Waals surface area contributed by atoms with E-state index in [-0.39, 0.29) is 35.0 Å². The van der Waals surface area contributed by atoms with Gasteiger partial charge in [-0.05, 0) is 37.5 Å². The number of rotatable bonds is 6. The minimum atomic E-state index is 0.0870. The molecule has 3 atom stereocenters. The maximum absolute atomic E-state index is 12.4. The van der Waals surface area contributed by atoms with E-state index in [4.69, 9.17) is 9.47 Å². The summed E-state index contributed by atoms with van der Waals surface area (Å²) in [5.74, 6) is 0.135. The number of ether oxygens (including phenoxy) is 2. The van der Waals surface area contributed by atoms with Crippen molar-refractivity contribution in [2.75, 3.05) is 13.7 Å². The van der Waals surface area contributed by atoms with Crippen LogP contribution in [-0.4, -0.2) is 37.9 Å². The lowest BCUT2D eigenvalue weighted by molar-refractivity contribution is -0.144. The predicted molar refractivity (Wildman–Crippen MR) is 87.7 cm³/mol. The predicted octanol–water partition coefficient (Wildman–Crippen LogP) is 3.29. The van der Waals surface area contributed by atoms with Crippen molar-refractivity contribution < 1.29 is 14.3 Å². The molecule has 0 aromatic rings. The standard InChI is InChI=1S/C18H33NO3/c1-6-18(7-2)14(11-15(18)21-5)19-16(20)10-13-8-9-17(3,4)12-22-13/h13-15H,6-12H2,1-5H3,(H,19,20). The fourth-order valence-corrected chi connectivity index (χ4v) is 4.15. The lowest BCUT2D eigenvalue weighted by Crippen LogP contribution is -2.64. The van der Waals surface area contributed by atoms with Gasteiger partial charge < -0.3 is 14.8 Å². The van der Waals surface area contributed by atoms with Crippen LogP contribution < -0.4 is 5.32 Å². The smallest absolute Gasteiger partial charge is 0.222 e. The van der Waals surface area contributed by atoms with Gasteiger partial charge in [0.2, 0.25) is 5.91 Å². The third-order valence-electron chi connectivity index (χ3n) is 5.99. The Hall–Kier alpha value is -0.610. The van der Waals surface area contributed by atoms with Crippen LogP contribution in [0.2, 0.25) is 0 Å². The highest BCUT2D eigenvalue weighted by atomic mass is 16.5. The fourth-order valence-electron chi connectivity index (χ4n) is 4.15. The summed E-state index contributed by atoms with van der Waals surface area (Å²) in [6.07, 6.45) is 5.99. The van der Waals surface area contributed by atoms with Crippen LogP contribution >= 0.6 is 0 Å². The molecule has 0 spiro atoms. The van der Waals surface area contributed by atoms with Gasteiger partial charge in [-0.3, -0.25) is 4.79 Å². The second-order valence-electron chi connectivity index (χ2n) is 7.86. The fraction of sp³-hybridized carbons (Fsp3) is 0.944. The molecule has 2 rings (SSSR count). The summed E-state index contributed by atoms with van der Waals surface area (Å²) in [6, 6.07) is 0.250. The number of hydrogen-bond donors (Lipinski definition) is 1. The molecule has 1 saturated heterocycles. The highest BCUT2D eigenvalue weighted by Crippen LogP contribution is 2.48. The molecule has 128 valence electrons. The lowest BCUT2D eigenvalue weighted by atomic mass is 9.58. The summed E-state index contributed by atoms with van der Waals surface area (Å²) < 4.78 is 11.5. The molecule has 1 aliphatic carbocycles. The first-order valence-electron chi connectivity index (χ1n) is 8.80. The van der Waals surface area contributed by atoms with E-state index >= 15 is 0 Å². The van der Waals surface area contributed by atoms with Crippen molar-refractivity contribution in [1.82, 2.24) is 5.32 Å². The topological polar surface area (TPSA) is 47.6 Å². The van der Waals surface area contributed by atoms with Gasteiger partial charge in [-0.15, -0.1) is 0 Å². The Morgan fingerprint density at radius 1 is 1.32 bits per heavy atom. The second-order valence-corrected chi connectivity index (χ2v) is 7.86. The molecule has 4 nitrogen and oxygen atoms in total. The van der Waals surface area contributed by atoms with Crippen LogP contribution in [0.3, 0.4) is 0 Å². The van der Waals surface area contributed by atoms with Crippen LogP contribution in [0.1, 0.15) is 66.2 Å². The molecule has 2 aliphatic rings. The molecule has 0 aromatic carbocycles. The van der Waals surface area contributed by atoms with E-state index in [1.807, 2.05) is 0 Å². The molecular weight excluding hydrogens is 278 g/mol. The molecule has 22 heavy (non-hydrogen) atoms. The van der Waals surface area contributed by atoms with Crippen LogP contribution in [0.4, 0.5) is 0 Å². The van der Waals surface area contributed by atoms with Crippen molar-refractivity contribution in [3.05, 3.63) is 0 Å². The Bertz CT molecular complexity index is 380. The highest BCUT2D eigenvalue weighted by molar-refractivity contribution is 5.77. The van der Waals surface area contributed by atoms with Crippen molar-refractivity contribution >= 4 is 5.91 Å². The Morgan fingerprint density at radius 2 is 2.00 bits per heavy atom. The molecule has 4 heteroatoms. The van der Waals surface area contributed by atoms with E-state index in [9.17, 15) is 4.79 Å². The molecule has 0 radical (unpaired) electrons. The number of nitrogens with one attached hydrogen (secondary N) is 1. The normalized spacial score (nSPS) is 33.0. The average Bonchev–Trinajstić information content (AvgIpc) is 2.47. The zero-order chi connectivity index (χ0) is 16.4. The number of methoxy groups -OCH3 is 1. The summed E-state index contributed by atoms with van der Waals surface area (Å²) in [5.41, 5.74) is 0.367. The number of hydrogen-bond acceptors (Lipinski definition) is 3. The monoisotopic (exact) mass is 311 g/mol. The number of amides is 1. The van der Waals surface area contributed by atoms with Crippen molar-refractivity contribution in [1.29, 1.82) is 0 Å². The van der Waals surface area contributed by atoms with Gasteiger partial charge >= 0.3 is 0 Å². The van der Waals surface area contributed by atoms with Crippen molar-refractivity contribution in [3.8, 4) is 0 Å². The summed E-state index contributed by atoms with van der Waals surface area (Å²) in [6.45, 7) is 9.59. The van der Waals surface area contributed by atoms with Crippen molar-refractivity contribution in [3.63, 3.8) is 0 Å². The minimum absolute atomic E-state index is 0.0870. The van der Waals surface area contributed by atoms with E-state index in [2.05, 4.69) is 33.0 Å². The van der Waals surface area contributed by atoms with Crippen LogP contribution in [-0.2, 0) is 14.3 Å². The van der Waals surface area contributed by atoms with Gasteiger partial charge in [0.15, 0.2) is 0 Å². The van der Waals surface area contributed by atoms with Gasteiger partial charge in [-0.2, -0.15) is 0 Å². The van der Waals surface area contributed by atoms with Crippen LogP contribution in [0.5, 0.6) is 0 Å². The van der Waals surface area contributed by atoms with Crippen molar-refractivity contribution in [2.24, 2.45) is 10.8 Å². The lowest BCUT2D eigenvalue weighted by Gasteiger charge is -2.55. The number of carbonyl (C=O) groups excluding carboxylic acids is 1. The molecular formula is C18H33NO3. The molecule has 1 N–H and O–H groups in total.